The van der Waals surface area contributed by atoms with Crippen molar-refractivity contribution in [2.75, 3.05) is 0 Å². The molecule has 4 atom stereocenters. The minimum absolute atomic E-state index is 0.170. The summed E-state index contributed by atoms with van der Waals surface area (Å²) in [6.45, 7) is 8.71. The molecule has 134 valence electrons. The first-order valence-corrected chi connectivity index (χ1v) is 7.81. The van der Waals surface area contributed by atoms with E-state index >= 15 is 0 Å². The third kappa shape index (κ3) is 7.43. The van der Waals surface area contributed by atoms with Gasteiger partial charge in [0.15, 0.2) is 0 Å². The summed E-state index contributed by atoms with van der Waals surface area (Å²) in [5.41, 5.74) is 10.9. The second-order valence-electron chi connectivity index (χ2n) is 6.59. The molecule has 3 amide bonds. The lowest BCUT2D eigenvalue weighted by atomic mass is 9.99. The van der Waals surface area contributed by atoms with Crippen LogP contribution in [0.5, 0.6) is 0 Å². The Balaban J connectivity index is 4.98. The van der Waals surface area contributed by atoms with E-state index in [1.807, 2.05) is 13.8 Å². The molecule has 0 saturated heterocycles. The molecule has 0 saturated carbocycles. The number of nitrogens with two attached hydrogens (primary N) is 2. The van der Waals surface area contributed by atoms with Crippen LogP contribution < -0.4 is 22.1 Å². The van der Waals surface area contributed by atoms with Crippen LogP contribution in [0.25, 0.3) is 0 Å². The molecule has 4 unspecified atom stereocenters. The third-order valence-corrected chi connectivity index (χ3v) is 3.44. The Kier molecular flexibility index (Phi) is 8.78. The molecule has 23 heavy (non-hydrogen) atoms. The average molecular weight is 330 g/mol. The Bertz CT molecular complexity index is 424. The summed E-state index contributed by atoms with van der Waals surface area (Å²) in [6.07, 6.45) is -0.627. The van der Waals surface area contributed by atoms with Gasteiger partial charge in [0.1, 0.15) is 18.1 Å². The van der Waals surface area contributed by atoms with Crippen LogP contribution in [0.3, 0.4) is 0 Å². The fraction of sp³-hybridized carbons (Fsp3) is 0.800. The van der Waals surface area contributed by atoms with Gasteiger partial charge in [-0.3, -0.25) is 14.4 Å². The predicted molar refractivity (Wildman–Crippen MR) is 87.0 cm³/mol. The second-order valence-corrected chi connectivity index (χ2v) is 6.59. The van der Waals surface area contributed by atoms with Crippen molar-refractivity contribution in [3.63, 3.8) is 0 Å². The molecule has 0 radical (unpaired) electrons. The molecular weight excluding hydrogens is 300 g/mol. The number of carbonyl (C=O) groups excluding carboxylic acids is 3. The zero-order valence-electron chi connectivity index (χ0n) is 14.5. The van der Waals surface area contributed by atoms with Gasteiger partial charge in [-0.25, -0.2) is 0 Å². The zero-order chi connectivity index (χ0) is 18.3. The van der Waals surface area contributed by atoms with E-state index in [9.17, 15) is 19.5 Å². The van der Waals surface area contributed by atoms with E-state index < -0.39 is 42.0 Å². The van der Waals surface area contributed by atoms with Crippen molar-refractivity contribution in [2.45, 2.75) is 65.3 Å². The monoisotopic (exact) mass is 330 g/mol. The lowest BCUT2D eigenvalue weighted by Gasteiger charge is -2.26. The van der Waals surface area contributed by atoms with Crippen molar-refractivity contribution < 1.29 is 19.5 Å². The largest absolute Gasteiger partial charge is 0.391 e. The van der Waals surface area contributed by atoms with Crippen LogP contribution in [0.15, 0.2) is 0 Å². The van der Waals surface area contributed by atoms with E-state index in [0.717, 1.165) is 0 Å². The van der Waals surface area contributed by atoms with Crippen molar-refractivity contribution in [2.24, 2.45) is 23.3 Å². The van der Waals surface area contributed by atoms with Crippen LogP contribution >= 0.6 is 0 Å². The number of aliphatic hydroxyl groups is 1. The fourth-order valence-corrected chi connectivity index (χ4v) is 1.98. The van der Waals surface area contributed by atoms with Gasteiger partial charge >= 0.3 is 0 Å². The smallest absolute Gasteiger partial charge is 0.243 e. The maximum absolute atomic E-state index is 12.4. The minimum atomic E-state index is -1.13. The first kappa shape index (κ1) is 21.3. The number of hydrogen-bond acceptors (Lipinski definition) is 5. The number of carbonyl (C=O) groups is 3. The van der Waals surface area contributed by atoms with Gasteiger partial charge in [-0.05, 0) is 25.2 Å². The van der Waals surface area contributed by atoms with Crippen molar-refractivity contribution in [3.05, 3.63) is 0 Å². The van der Waals surface area contributed by atoms with Crippen LogP contribution in [-0.2, 0) is 14.4 Å². The molecule has 0 bridgehead atoms. The normalized spacial score (nSPS) is 16.6. The fourth-order valence-electron chi connectivity index (χ4n) is 1.98. The molecule has 0 aliphatic heterocycles. The molecule has 0 fully saturated rings. The van der Waals surface area contributed by atoms with E-state index in [1.165, 1.54) is 6.92 Å². The molecule has 0 aliphatic rings. The Morgan fingerprint density at radius 1 is 1.00 bits per heavy atom. The van der Waals surface area contributed by atoms with Gasteiger partial charge in [0, 0.05) is 0 Å². The summed E-state index contributed by atoms with van der Waals surface area (Å²) in [4.78, 5) is 35.8. The number of hydrogen-bond donors (Lipinski definition) is 5. The molecule has 7 N–H and O–H groups in total. The molecular formula is C15H30N4O4. The predicted octanol–water partition coefficient (Wildman–Crippen LogP) is -1.15. The molecule has 0 aromatic heterocycles. The maximum atomic E-state index is 12.4. The van der Waals surface area contributed by atoms with E-state index in [0.29, 0.717) is 6.42 Å². The van der Waals surface area contributed by atoms with Crippen LogP contribution in [0.2, 0.25) is 0 Å². The highest BCUT2D eigenvalue weighted by Crippen LogP contribution is 2.07. The van der Waals surface area contributed by atoms with E-state index in [-0.39, 0.29) is 11.8 Å². The first-order chi connectivity index (χ1) is 10.5. The maximum Gasteiger partial charge on any atom is 0.243 e. The quantitative estimate of drug-likeness (QED) is 0.362. The first-order valence-electron chi connectivity index (χ1n) is 7.81. The number of rotatable bonds is 9. The minimum Gasteiger partial charge on any atom is -0.391 e. The summed E-state index contributed by atoms with van der Waals surface area (Å²) < 4.78 is 0. The van der Waals surface area contributed by atoms with Crippen molar-refractivity contribution in [1.82, 2.24) is 10.6 Å². The third-order valence-electron chi connectivity index (χ3n) is 3.44. The van der Waals surface area contributed by atoms with E-state index in [1.54, 1.807) is 13.8 Å². The van der Waals surface area contributed by atoms with Gasteiger partial charge < -0.3 is 27.2 Å². The van der Waals surface area contributed by atoms with Crippen molar-refractivity contribution in [1.29, 1.82) is 0 Å². The van der Waals surface area contributed by atoms with Gasteiger partial charge in [-0.2, -0.15) is 0 Å². The van der Waals surface area contributed by atoms with Gasteiger partial charge in [0.2, 0.25) is 17.7 Å². The summed E-state index contributed by atoms with van der Waals surface area (Å²) >= 11 is 0. The summed E-state index contributed by atoms with van der Waals surface area (Å²) in [5, 5.41) is 14.4. The van der Waals surface area contributed by atoms with Gasteiger partial charge in [0.05, 0.1) is 6.10 Å². The molecule has 0 aromatic carbocycles. The molecule has 0 rings (SSSR count). The number of nitrogens with one attached hydrogen (secondary N) is 2. The van der Waals surface area contributed by atoms with Crippen molar-refractivity contribution in [3.8, 4) is 0 Å². The average Bonchev–Trinajstić information content (AvgIpc) is 2.41. The summed E-state index contributed by atoms with van der Waals surface area (Å²) in [5.74, 6) is -1.82. The number of primary amides is 1. The molecule has 0 aliphatic carbocycles. The molecule has 8 heteroatoms. The zero-order valence-corrected chi connectivity index (χ0v) is 14.5. The van der Waals surface area contributed by atoms with Crippen molar-refractivity contribution >= 4 is 17.7 Å². The topological polar surface area (TPSA) is 148 Å². The molecule has 0 heterocycles. The molecule has 0 aromatic rings. The summed E-state index contributed by atoms with van der Waals surface area (Å²) in [7, 11) is 0. The highest BCUT2D eigenvalue weighted by Gasteiger charge is 2.30. The molecule has 8 nitrogen and oxygen atoms in total. The second kappa shape index (κ2) is 9.46. The Labute approximate surface area is 137 Å². The molecule has 0 spiro atoms. The van der Waals surface area contributed by atoms with Gasteiger partial charge in [-0.15, -0.1) is 0 Å². The highest BCUT2D eigenvalue weighted by atomic mass is 16.3. The van der Waals surface area contributed by atoms with Crippen LogP contribution in [0.1, 0.15) is 41.0 Å². The van der Waals surface area contributed by atoms with Crippen LogP contribution in [-0.4, -0.2) is 47.1 Å². The lowest BCUT2D eigenvalue weighted by Crippen LogP contribution is -2.58. The van der Waals surface area contributed by atoms with Gasteiger partial charge in [-0.1, -0.05) is 27.7 Å². The van der Waals surface area contributed by atoms with Gasteiger partial charge in [0.25, 0.3) is 0 Å². The Morgan fingerprint density at radius 3 is 1.87 bits per heavy atom. The highest BCUT2D eigenvalue weighted by molar-refractivity contribution is 5.92. The standard InChI is InChI=1S/C15H30N4O4/c1-7(2)6-10(13(17)21)18-15(23)12(8(3)4)19-14(22)11(16)9(5)20/h7-12,20H,6,16H2,1-5H3,(H2,17,21)(H,18,23)(H,19,22). The van der Waals surface area contributed by atoms with Crippen LogP contribution in [0.4, 0.5) is 0 Å². The van der Waals surface area contributed by atoms with E-state index in [2.05, 4.69) is 10.6 Å². The SMILES string of the molecule is CC(C)CC(NC(=O)C(NC(=O)C(N)C(C)O)C(C)C)C(N)=O. The Hall–Kier alpha value is -1.67. The number of aliphatic hydroxyl groups excluding tert-OH is 1. The summed E-state index contributed by atoms with van der Waals surface area (Å²) in [6, 6.07) is -2.81. The Morgan fingerprint density at radius 2 is 1.52 bits per heavy atom. The van der Waals surface area contributed by atoms with E-state index in [4.69, 9.17) is 11.5 Å². The lowest BCUT2D eigenvalue weighted by molar-refractivity contribution is -0.133. The van der Waals surface area contributed by atoms with Crippen LogP contribution in [0, 0.1) is 11.8 Å². The number of amides is 3.